The summed E-state index contributed by atoms with van der Waals surface area (Å²) in [6, 6.07) is 0.269. The van der Waals surface area contributed by atoms with E-state index in [4.69, 9.17) is 5.11 Å². The molecule has 98 valence electrons. The Labute approximate surface area is 102 Å². The molecular weight excluding hydrogens is 220 g/mol. The molecule has 0 aromatic rings. The van der Waals surface area contributed by atoms with Crippen LogP contribution in [0.2, 0.25) is 0 Å². The first-order valence-corrected chi connectivity index (χ1v) is 6.11. The number of nitrogens with zero attached hydrogens (tertiary/aromatic N) is 1. The summed E-state index contributed by atoms with van der Waals surface area (Å²) < 4.78 is 0. The number of carboxylic acid groups (broad SMARTS) is 1. The smallest absolute Gasteiger partial charge is 0.318 e. The molecule has 5 nitrogen and oxygen atoms in total. The molecule has 0 bridgehead atoms. The summed E-state index contributed by atoms with van der Waals surface area (Å²) in [6.07, 6.45) is 2.41. The number of carbonyl (C=O) groups is 2. The minimum atomic E-state index is -1.36. The molecule has 2 N–H and O–H groups in total. The highest BCUT2D eigenvalue weighted by molar-refractivity contribution is 6.00. The first-order chi connectivity index (χ1) is 7.85. The Bertz CT molecular complexity index is 296. The van der Waals surface area contributed by atoms with Crippen molar-refractivity contribution < 1.29 is 14.7 Å². The fourth-order valence-corrected chi connectivity index (χ4v) is 1.87. The van der Waals surface area contributed by atoms with E-state index in [1.807, 2.05) is 0 Å². The molecule has 1 atom stereocenters. The monoisotopic (exact) mass is 242 g/mol. The highest BCUT2D eigenvalue weighted by Gasteiger charge is 2.36. The molecule has 0 aliphatic carbocycles. The van der Waals surface area contributed by atoms with Gasteiger partial charge in [-0.2, -0.15) is 0 Å². The Hall–Kier alpha value is -1.10. The van der Waals surface area contributed by atoms with Gasteiger partial charge in [-0.05, 0) is 46.7 Å². The number of aliphatic carboxylic acids is 1. The van der Waals surface area contributed by atoms with Crippen LogP contribution in [0.25, 0.3) is 0 Å². The van der Waals surface area contributed by atoms with Gasteiger partial charge < -0.3 is 10.4 Å². The van der Waals surface area contributed by atoms with Crippen molar-refractivity contribution in [1.29, 1.82) is 0 Å². The molecule has 1 unspecified atom stereocenters. The molecule has 1 aliphatic heterocycles. The topological polar surface area (TPSA) is 69.6 Å². The molecule has 0 radical (unpaired) electrons. The quantitative estimate of drug-likeness (QED) is 0.696. The molecular formula is C12H22N2O3. The Morgan fingerprint density at radius 3 is 2.35 bits per heavy atom. The highest BCUT2D eigenvalue weighted by atomic mass is 16.4. The van der Waals surface area contributed by atoms with E-state index in [9.17, 15) is 9.59 Å². The predicted octanol–water partition coefficient (Wildman–Crippen LogP) is 0.698. The SMILES string of the molecule is CC(CNC(=O)C(C)(C)C(=O)O)N1CCCC1. The Morgan fingerprint density at radius 2 is 1.88 bits per heavy atom. The van der Waals surface area contributed by atoms with E-state index in [0.29, 0.717) is 6.54 Å². The molecule has 17 heavy (non-hydrogen) atoms. The average molecular weight is 242 g/mol. The van der Waals surface area contributed by atoms with Gasteiger partial charge in [0.1, 0.15) is 5.41 Å². The third kappa shape index (κ3) is 3.43. The number of carbonyl (C=O) groups excluding carboxylic acids is 1. The number of amides is 1. The molecule has 1 amide bonds. The van der Waals surface area contributed by atoms with Gasteiger partial charge in [-0.1, -0.05) is 0 Å². The second-order valence-corrected chi connectivity index (χ2v) is 5.23. The molecule has 1 heterocycles. The zero-order valence-corrected chi connectivity index (χ0v) is 10.8. The third-order valence-electron chi connectivity index (χ3n) is 3.42. The van der Waals surface area contributed by atoms with Crippen molar-refractivity contribution in [3.8, 4) is 0 Å². The standard InChI is InChI=1S/C12H22N2O3/c1-9(14-6-4-5-7-14)8-13-10(15)12(2,3)11(16)17/h9H,4-8H2,1-3H3,(H,13,15)(H,16,17). The van der Waals surface area contributed by atoms with Gasteiger partial charge in [-0.25, -0.2) is 0 Å². The van der Waals surface area contributed by atoms with E-state index in [-0.39, 0.29) is 6.04 Å². The van der Waals surface area contributed by atoms with Crippen molar-refractivity contribution in [2.75, 3.05) is 19.6 Å². The summed E-state index contributed by atoms with van der Waals surface area (Å²) in [6.45, 7) is 7.55. The van der Waals surface area contributed by atoms with Crippen molar-refractivity contribution in [3.63, 3.8) is 0 Å². The number of likely N-dealkylation sites (tertiary alicyclic amines) is 1. The fourth-order valence-electron chi connectivity index (χ4n) is 1.87. The van der Waals surface area contributed by atoms with E-state index < -0.39 is 17.3 Å². The van der Waals surface area contributed by atoms with Crippen LogP contribution >= 0.6 is 0 Å². The van der Waals surface area contributed by atoms with Crippen molar-refractivity contribution in [1.82, 2.24) is 10.2 Å². The predicted molar refractivity (Wildman–Crippen MR) is 64.7 cm³/mol. The summed E-state index contributed by atoms with van der Waals surface area (Å²) in [5.74, 6) is -1.51. The van der Waals surface area contributed by atoms with Crippen LogP contribution in [0.3, 0.4) is 0 Å². The van der Waals surface area contributed by atoms with Gasteiger partial charge in [0, 0.05) is 12.6 Å². The first-order valence-electron chi connectivity index (χ1n) is 6.11. The van der Waals surface area contributed by atoms with Crippen LogP contribution in [-0.4, -0.2) is 47.6 Å². The molecule has 0 aromatic heterocycles. The van der Waals surface area contributed by atoms with Crippen LogP contribution in [0.4, 0.5) is 0 Å². The van der Waals surface area contributed by atoms with E-state index >= 15 is 0 Å². The molecule has 5 heteroatoms. The van der Waals surface area contributed by atoms with Gasteiger partial charge >= 0.3 is 5.97 Å². The van der Waals surface area contributed by atoms with Gasteiger partial charge in [0.05, 0.1) is 0 Å². The van der Waals surface area contributed by atoms with Gasteiger partial charge in [0.25, 0.3) is 0 Å². The molecule has 0 spiro atoms. The number of hydrogen-bond donors (Lipinski definition) is 2. The average Bonchev–Trinajstić information content (AvgIpc) is 2.78. The lowest BCUT2D eigenvalue weighted by molar-refractivity contribution is -0.153. The van der Waals surface area contributed by atoms with Crippen molar-refractivity contribution in [2.24, 2.45) is 5.41 Å². The van der Waals surface area contributed by atoms with E-state index in [0.717, 1.165) is 13.1 Å². The van der Waals surface area contributed by atoms with Gasteiger partial charge in [0.15, 0.2) is 0 Å². The zero-order valence-electron chi connectivity index (χ0n) is 10.8. The number of rotatable bonds is 5. The van der Waals surface area contributed by atoms with Gasteiger partial charge in [-0.3, -0.25) is 14.5 Å². The molecule has 0 saturated carbocycles. The van der Waals surface area contributed by atoms with Crippen molar-refractivity contribution in [3.05, 3.63) is 0 Å². The second-order valence-electron chi connectivity index (χ2n) is 5.23. The Balaban J connectivity index is 2.39. The van der Waals surface area contributed by atoms with Crippen LogP contribution in [0, 0.1) is 5.41 Å². The van der Waals surface area contributed by atoms with Crippen molar-refractivity contribution >= 4 is 11.9 Å². The van der Waals surface area contributed by atoms with Gasteiger partial charge in [0.2, 0.25) is 5.91 Å². The summed E-state index contributed by atoms with van der Waals surface area (Å²) in [5, 5.41) is 11.6. The lowest BCUT2D eigenvalue weighted by atomic mass is 9.92. The van der Waals surface area contributed by atoms with E-state index in [1.165, 1.54) is 26.7 Å². The summed E-state index contributed by atoms with van der Waals surface area (Å²) in [7, 11) is 0. The lowest BCUT2D eigenvalue weighted by Crippen LogP contribution is -2.47. The van der Waals surface area contributed by atoms with Crippen LogP contribution in [0.1, 0.15) is 33.6 Å². The summed E-state index contributed by atoms with van der Waals surface area (Å²) >= 11 is 0. The van der Waals surface area contributed by atoms with E-state index in [1.54, 1.807) is 0 Å². The number of carboxylic acids is 1. The largest absolute Gasteiger partial charge is 0.480 e. The second kappa shape index (κ2) is 5.49. The first kappa shape index (κ1) is 14.0. The normalized spacial score (nSPS) is 19.0. The zero-order chi connectivity index (χ0) is 13.1. The highest BCUT2D eigenvalue weighted by Crippen LogP contribution is 2.15. The number of nitrogens with one attached hydrogen (secondary N) is 1. The minimum Gasteiger partial charge on any atom is -0.480 e. The van der Waals surface area contributed by atoms with Crippen LogP contribution < -0.4 is 5.32 Å². The maximum absolute atomic E-state index is 11.7. The molecule has 1 rings (SSSR count). The maximum atomic E-state index is 11.7. The Kier molecular flexibility index (Phi) is 4.51. The maximum Gasteiger partial charge on any atom is 0.318 e. The fraction of sp³-hybridized carbons (Fsp3) is 0.833. The molecule has 1 fully saturated rings. The molecule has 0 aromatic carbocycles. The molecule has 1 saturated heterocycles. The lowest BCUT2D eigenvalue weighted by Gasteiger charge is -2.26. The number of hydrogen-bond acceptors (Lipinski definition) is 3. The van der Waals surface area contributed by atoms with Crippen LogP contribution in [-0.2, 0) is 9.59 Å². The van der Waals surface area contributed by atoms with Crippen LogP contribution in [0.5, 0.6) is 0 Å². The summed E-state index contributed by atoms with van der Waals surface area (Å²) in [4.78, 5) is 24.9. The third-order valence-corrected chi connectivity index (χ3v) is 3.42. The molecule has 1 aliphatic rings. The summed E-state index contributed by atoms with van der Waals surface area (Å²) in [5.41, 5.74) is -1.36. The Morgan fingerprint density at radius 1 is 1.35 bits per heavy atom. The van der Waals surface area contributed by atoms with Crippen LogP contribution in [0.15, 0.2) is 0 Å². The van der Waals surface area contributed by atoms with Crippen molar-refractivity contribution in [2.45, 2.75) is 39.7 Å². The van der Waals surface area contributed by atoms with Gasteiger partial charge in [-0.15, -0.1) is 0 Å². The minimum absolute atomic E-state index is 0.269. The van der Waals surface area contributed by atoms with E-state index in [2.05, 4.69) is 17.1 Å².